The van der Waals surface area contributed by atoms with Gasteiger partial charge in [0, 0.05) is 27.9 Å². The SMILES string of the molecule is COC1OC(CCl)C(OC(C)=O)C(OC(C)=O)C1OC(C)=O. The first-order valence-corrected chi connectivity index (χ1v) is 7.09. The van der Waals surface area contributed by atoms with E-state index in [1.807, 2.05) is 0 Å². The van der Waals surface area contributed by atoms with Crippen molar-refractivity contribution in [2.45, 2.75) is 51.5 Å². The van der Waals surface area contributed by atoms with Gasteiger partial charge >= 0.3 is 17.9 Å². The quantitative estimate of drug-likeness (QED) is 0.403. The number of ether oxygens (including phenoxy) is 5. The lowest BCUT2D eigenvalue weighted by Crippen LogP contribution is -2.62. The Kier molecular flexibility index (Phi) is 7.05. The number of carbonyl (C=O) groups excluding carboxylic acids is 3. The minimum Gasteiger partial charge on any atom is -0.456 e. The van der Waals surface area contributed by atoms with Gasteiger partial charge in [-0.3, -0.25) is 14.4 Å². The Morgan fingerprint density at radius 3 is 1.77 bits per heavy atom. The van der Waals surface area contributed by atoms with Crippen LogP contribution in [0.15, 0.2) is 0 Å². The van der Waals surface area contributed by atoms with E-state index in [0.29, 0.717) is 0 Å². The average Bonchev–Trinajstić information content (AvgIpc) is 2.41. The first kappa shape index (κ1) is 18.7. The van der Waals surface area contributed by atoms with Gasteiger partial charge in [0.25, 0.3) is 0 Å². The van der Waals surface area contributed by atoms with Crippen LogP contribution in [-0.4, -0.2) is 61.6 Å². The van der Waals surface area contributed by atoms with Crippen LogP contribution in [0, 0.1) is 0 Å². The van der Waals surface area contributed by atoms with E-state index in [9.17, 15) is 14.4 Å². The van der Waals surface area contributed by atoms with E-state index in [1.165, 1.54) is 27.9 Å². The first-order chi connectivity index (χ1) is 10.3. The van der Waals surface area contributed by atoms with Crippen LogP contribution in [0.3, 0.4) is 0 Å². The lowest BCUT2D eigenvalue weighted by Gasteiger charge is -2.43. The Morgan fingerprint density at radius 1 is 0.909 bits per heavy atom. The number of methoxy groups -OCH3 is 1. The first-order valence-electron chi connectivity index (χ1n) is 6.56. The molecule has 0 aromatic rings. The Balaban J connectivity index is 3.14. The maximum Gasteiger partial charge on any atom is 0.303 e. The molecule has 1 saturated heterocycles. The van der Waals surface area contributed by atoms with Crippen molar-refractivity contribution in [3.8, 4) is 0 Å². The van der Waals surface area contributed by atoms with Gasteiger partial charge in [0.2, 0.25) is 0 Å². The highest BCUT2D eigenvalue weighted by Gasteiger charge is 2.51. The molecule has 0 amide bonds. The van der Waals surface area contributed by atoms with E-state index in [2.05, 4.69) is 0 Å². The van der Waals surface area contributed by atoms with Crippen molar-refractivity contribution < 1.29 is 38.1 Å². The Bertz CT molecular complexity index is 396. The van der Waals surface area contributed by atoms with E-state index < -0.39 is 48.6 Å². The molecule has 1 aliphatic heterocycles. The predicted octanol–water partition coefficient (Wildman–Crippen LogP) is 0.392. The fourth-order valence-corrected chi connectivity index (χ4v) is 2.42. The Hall–Kier alpha value is -1.38. The highest BCUT2D eigenvalue weighted by molar-refractivity contribution is 6.18. The molecule has 5 atom stereocenters. The largest absolute Gasteiger partial charge is 0.456 e. The van der Waals surface area contributed by atoms with Crippen LogP contribution in [-0.2, 0) is 38.1 Å². The van der Waals surface area contributed by atoms with Crippen molar-refractivity contribution in [1.82, 2.24) is 0 Å². The molecule has 1 aliphatic rings. The number of carbonyl (C=O) groups is 3. The lowest BCUT2D eigenvalue weighted by atomic mass is 9.99. The van der Waals surface area contributed by atoms with Crippen molar-refractivity contribution in [3.63, 3.8) is 0 Å². The molecular weight excluding hydrogens is 320 g/mol. The molecule has 1 heterocycles. The third-order valence-electron chi connectivity index (χ3n) is 2.88. The molecule has 0 radical (unpaired) electrons. The fraction of sp³-hybridized carbons (Fsp3) is 0.769. The molecular formula is C13H19ClO8. The Morgan fingerprint density at radius 2 is 1.36 bits per heavy atom. The van der Waals surface area contributed by atoms with Crippen molar-refractivity contribution in [3.05, 3.63) is 0 Å². The topological polar surface area (TPSA) is 97.4 Å². The van der Waals surface area contributed by atoms with Crippen LogP contribution in [0.2, 0.25) is 0 Å². The molecule has 0 aromatic heterocycles. The summed E-state index contributed by atoms with van der Waals surface area (Å²) < 4.78 is 26.1. The normalized spacial score (nSPS) is 31.2. The lowest BCUT2D eigenvalue weighted by molar-refractivity contribution is -0.294. The molecule has 22 heavy (non-hydrogen) atoms. The molecule has 126 valence electrons. The van der Waals surface area contributed by atoms with Gasteiger partial charge in [0.15, 0.2) is 24.6 Å². The number of esters is 3. The third kappa shape index (κ3) is 4.82. The maximum absolute atomic E-state index is 11.3. The van der Waals surface area contributed by atoms with Gasteiger partial charge in [-0.15, -0.1) is 11.6 Å². The summed E-state index contributed by atoms with van der Waals surface area (Å²) in [5, 5.41) is 0. The molecule has 0 saturated carbocycles. The fourth-order valence-electron chi connectivity index (χ4n) is 2.17. The van der Waals surface area contributed by atoms with E-state index in [-0.39, 0.29) is 5.88 Å². The summed E-state index contributed by atoms with van der Waals surface area (Å²) in [7, 11) is 1.34. The zero-order valence-electron chi connectivity index (χ0n) is 12.7. The monoisotopic (exact) mass is 338 g/mol. The van der Waals surface area contributed by atoms with Crippen LogP contribution >= 0.6 is 11.6 Å². The van der Waals surface area contributed by atoms with Crippen molar-refractivity contribution in [1.29, 1.82) is 0 Å². The van der Waals surface area contributed by atoms with Gasteiger partial charge in [-0.1, -0.05) is 0 Å². The summed E-state index contributed by atoms with van der Waals surface area (Å²) in [6.07, 6.45) is -4.99. The molecule has 8 nitrogen and oxygen atoms in total. The van der Waals surface area contributed by atoms with Crippen molar-refractivity contribution in [2.75, 3.05) is 13.0 Å². The van der Waals surface area contributed by atoms with Gasteiger partial charge in [0.1, 0.15) is 6.10 Å². The summed E-state index contributed by atoms with van der Waals surface area (Å²) in [5.74, 6) is -1.91. The van der Waals surface area contributed by atoms with Crippen LogP contribution < -0.4 is 0 Å². The average molecular weight is 339 g/mol. The molecule has 0 N–H and O–H groups in total. The van der Waals surface area contributed by atoms with E-state index in [1.54, 1.807) is 0 Å². The summed E-state index contributed by atoms with van der Waals surface area (Å²) >= 11 is 5.82. The van der Waals surface area contributed by atoms with Crippen molar-refractivity contribution in [2.24, 2.45) is 0 Å². The number of hydrogen-bond acceptors (Lipinski definition) is 8. The number of halogens is 1. The molecule has 1 rings (SSSR count). The molecule has 1 fully saturated rings. The summed E-state index contributed by atoms with van der Waals surface area (Å²) in [6.45, 7) is 3.56. The summed E-state index contributed by atoms with van der Waals surface area (Å²) in [4.78, 5) is 33.9. The highest BCUT2D eigenvalue weighted by atomic mass is 35.5. The second kappa shape index (κ2) is 8.30. The minimum atomic E-state index is -1.09. The highest BCUT2D eigenvalue weighted by Crippen LogP contribution is 2.29. The Labute approximate surface area is 132 Å². The maximum atomic E-state index is 11.3. The van der Waals surface area contributed by atoms with Gasteiger partial charge in [-0.2, -0.15) is 0 Å². The predicted molar refractivity (Wildman–Crippen MR) is 73.1 cm³/mol. The van der Waals surface area contributed by atoms with Crippen LogP contribution in [0.1, 0.15) is 20.8 Å². The van der Waals surface area contributed by atoms with Gasteiger partial charge in [0.05, 0.1) is 5.88 Å². The van der Waals surface area contributed by atoms with E-state index in [4.69, 9.17) is 35.3 Å². The van der Waals surface area contributed by atoms with Gasteiger partial charge < -0.3 is 23.7 Å². The zero-order valence-corrected chi connectivity index (χ0v) is 13.5. The molecule has 5 unspecified atom stereocenters. The summed E-state index contributed by atoms with van der Waals surface area (Å²) in [5.41, 5.74) is 0. The molecule has 0 aromatic carbocycles. The van der Waals surface area contributed by atoms with Gasteiger partial charge in [-0.05, 0) is 0 Å². The zero-order chi connectivity index (χ0) is 16.9. The second-order valence-electron chi connectivity index (χ2n) is 4.66. The van der Waals surface area contributed by atoms with Crippen LogP contribution in [0.25, 0.3) is 0 Å². The minimum absolute atomic E-state index is 0.0393. The molecule has 0 bridgehead atoms. The van der Waals surface area contributed by atoms with E-state index in [0.717, 1.165) is 0 Å². The van der Waals surface area contributed by atoms with Crippen LogP contribution in [0.4, 0.5) is 0 Å². The standard InChI is InChI=1S/C13H19ClO8/c1-6(15)19-10-9(5-14)22-13(18-4)12(21-8(3)17)11(10)20-7(2)16/h9-13H,5H2,1-4H3. The number of rotatable bonds is 5. The van der Waals surface area contributed by atoms with E-state index >= 15 is 0 Å². The number of hydrogen-bond donors (Lipinski definition) is 0. The third-order valence-corrected chi connectivity index (χ3v) is 3.19. The second-order valence-corrected chi connectivity index (χ2v) is 4.96. The van der Waals surface area contributed by atoms with Crippen LogP contribution in [0.5, 0.6) is 0 Å². The molecule has 0 aliphatic carbocycles. The smallest absolute Gasteiger partial charge is 0.303 e. The number of alkyl halides is 1. The molecule has 0 spiro atoms. The summed E-state index contributed by atoms with van der Waals surface area (Å²) in [6, 6.07) is 0. The molecule has 9 heteroatoms. The van der Waals surface area contributed by atoms with Gasteiger partial charge in [-0.25, -0.2) is 0 Å². The van der Waals surface area contributed by atoms with Crippen molar-refractivity contribution >= 4 is 29.5 Å².